The molecule has 3 nitrogen and oxygen atoms in total. The van der Waals surface area contributed by atoms with Gasteiger partial charge in [0.1, 0.15) is 0 Å². The van der Waals surface area contributed by atoms with Crippen molar-refractivity contribution in [3.63, 3.8) is 0 Å². The number of aliphatic imine (C=N–C) groups is 2. The summed E-state index contributed by atoms with van der Waals surface area (Å²) in [5.41, 5.74) is 8.06. The van der Waals surface area contributed by atoms with Crippen LogP contribution in [0.3, 0.4) is 0 Å². The third-order valence-corrected chi connectivity index (χ3v) is 5.18. The number of benzene rings is 2. The maximum absolute atomic E-state index is 4.89. The minimum atomic E-state index is 0.424. The fourth-order valence-electron chi connectivity index (χ4n) is 3.47. The number of aromatic nitrogens is 1. The molecule has 1 aromatic heterocycles. The van der Waals surface area contributed by atoms with Gasteiger partial charge in [-0.15, -0.1) is 0 Å². The van der Waals surface area contributed by atoms with Crippen molar-refractivity contribution in [3.05, 3.63) is 89.2 Å². The SMILES string of the molecule is CC(=Nc1ccccc1C(C)C)c1cccc(C(C)=Nc2ccccc2C(C)C)n1. The molecular weight excluding hydrogens is 366 g/mol. The van der Waals surface area contributed by atoms with E-state index in [0.717, 1.165) is 34.2 Å². The Balaban J connectivity index is 1.95. The van der Waals surface area contributed by atoms with Crippen molar-refractivity contribution in [3.8, 4) is 0 Å². The molecule has 3 aromatic rings. The van der Waals surface area contributed by atoms with Gasteiger partial charge in [0.25, 0.3) is 0 Å². The Kier molecular flexibility index (Phi) is 6.94. The molecule has 0 amide bonds. The van der Waals surface area contributed by atoms with Gasteiger partial charge in [-0.1, -0.05) is 70.2 Å². The van der Waals surface area contributed by atoms with Gasteiger partial charge in [0.05, 0.1) is 34.2 Å². The van der Waals surface area contributed by atoms with Gasteiger partial charge >= 0.3 is 0 Å². The molecule has 0 radical (unpaired) electrons. The van der Waals surface area contributed by atoms with E-state index in [4.69, 9.17) is 15.0 Å². The molecule has 0 unspecified atom stereocenters. The molecule has 0 fully saturated rings. The highest BCUT2D eigenvalue weighted by atomic mass is 14.8. The van der Waals surface area contributed by atoms with E-state index < -0.39 is 0 Å². The van der Waals surface area contributed by atoms with Crippen LogP contribution in [0, 0.1) is 0 Å². The minimum absolute atomic E-state index is 0.424. The first-order valence-electron chi connectivity index (χ1n) is 10.6. The molecule has 0 aliphatic rings. The molecule has 0 atom stereocenters. The highest BCUT2D eigenvalue weighted by Crippen LogP contribution is 2.28. The van der Waals surface area contributed by atoms with Crippen LogP contribution in [0.2, 0.25) is 0 Å². The monoisotopic (exact) mass is 397 g/mol. The number of hydrogen-bond acceptors (Lipinski definition) is 3. The van der Waals surface area contributed by atoms with Crippen LogP contribution in [0.15, 0.2) is 76.7 Å². The fraction of sp³-hybridized carbons (Fsp3) is 0.296. The van der Waals surface area contributed by atoms with Crippen molar-refractivity contribution in [1.82, 2.24) is 4.98 Å². The van der Waals surface area contributed by atoms with Crippen LogP contribution < -0.4 is 0 Å². The van der Waals surface area contributed by atoms with Gasteiger partial charge in [-0.2, -0.15) is 0 Å². The van der Waals surface area contributed by atoms with Crippen molar-refractivity contribution in [1.29, 1.82) is 0 Å². The number of hydrogen-bond donors (Lipinski definition) is 0. The van der Waals surface area contributed by atoms with Gasteiger partial charge < -0.3 is 0 Å². The second-order valence-electron chi connectivity index (χ2n) is 8.23. The predicted molar refractivity (Wildman–Crippen MR) is 129 cm³/mol. The summed E-state index contributed by atoms with van der Waals surface area (Å²) in [6.07, 6.45) is 0. The van der Waals surface area contributed by atoms with Crippen LogP contribution >= 0.6 is 0 Å². The van der Waals surface area contributed by atoms with E-state index in [9.17, 15) is 0 Å². The maximum Gasteiger partial charge on any atom is 0.0849 e. The lowest BCUT2D eigenvalue weighted by Crippen LogP contribution is -2.05. The Bertz CT molecular complexity index is 992. The molecule has 0 spiro atoms. The van der Waals surface area contributed by atoms with Gasteiger partial charge in [0.2, 0.25) is 0 Å². The van der Waals surface area contributed by atoms with Crippen LogP contribution in [0.5, 0.6) is 0 Å². The number of pyridine rings is 1. The van der Waals surface area contributed by atoms with Gasteiger partial charge in [0.15, 0.2) is 0 Å². The van der Waals surface area contributed by atoms with E-state index in [-0.39, 0.29) is 0 Å². The van der Waals surface area contributed by atoms with Crippen molar-refractivity contribution in [2.45, 2.75) is 53.4 Å². The van der Waals surface area contributed by atoms with Crippen molar-refractivity contribution in [2.24, 2.45) is 9.98 Å². The summed E-state index contributed by atoms with van der Waals surface area (Å²) in [5, 5.41) is 0. The Morgan fingerprint density at radius 3 is 1.40 bits per heavy atom. The first kappa shape index (κ1) is 21.6. The Morgan fingerprint density at radius 1 is 0.600 bits per heavy atom. The predicted octanol–water partition coefficient (Wildman–Crippen LogP) is 7.61. The van der Waals surface area contributed by atoms with Gasteiger partial charge in [0, 0.05) is 0 Å². The normalized spacial score (nSPS) is 12.7. The molecule has 0 saturated heterocycles. The molecule has 0 saturated carbocycles. The summed E-state index contributed by atoms with van der Waals surface area (Å²) in [6.45, 7) is 12.8. The molecule has 2 aromatic carbocycles. The summed E-state index contributed by atoms with van der Waals surface area (Å²) in [7, 11) is 0. The van der Waals surface area contributed by atoms with E-state index in [0.29, 0.717) is 11.8 Å². The van der Waals surface area contributed by atoms with E-state index in [1.54, 1.807) is 0 Å². The Hall–Kier alpha value is -3.07. The minimum Gasteiger partial charge on any atom is -0.251 e. The smallest absolute Gasteiger partial charge is 0.0849 e. The van der Waals surface area contributed by atoms with Crippen LogP contribution in [-0.4, -0.2) is 16.4 Å². The third kappa shape index (κ3) is 5.10. The van der Waals surface area contributed by atoms with Crippen LogP contribution in [0.1, 0.15) is 75.9 Å². The average Bonchev–Trinajstić information content (AvgIpc) is 2.74. The zero-order valence-corrected chi connectivity index (χ0v) is 18.8. The van der Waals surface area contributed by atoms with Gasteiger partial charge in [-0.25, -0.2) is 4.98 Å². The molecule has 154 valence electrons. The summed E-state index contributed by atoms with van der Waals surface area (Å²) in [5.74, 6) is 0.847. The molecule has 0 bridgehead atoms. The van der Waals surface area contributed by atoms with Crippen LogP contribution in [0.25, 0.3) is 0 Å². The van der Waals surface area contributed by atoms with Crippen LogP contribution in [-0.2, 0) is 0 Å². The molecule has 0 aliphatic heterocycles. The molecule has 0 aliphatic carbocycles. The molecule has 1 heterocycles. The largest absolute Gasteiger partial charge is 0.251 e. The molecule has 3 rings (SSSR count). The lowest BCUT2D eigenvalue weighted by Gasteiger charge is -2.11. The first-order chi connectivity index (χ1) is 14.4. The van der Waals surface area contributed by atoms with Crippen molar-refractivity contribution >= 4 is 22.8 Å². The summed E-state index contributed by atoms with van der Waals surface area (Å²) >= 11 is 0. The van der Waals surface area contributed by atoms with Crippen LogP contribution in [0.4, 0.5) is 11.4 Å². The Morgan fingerprint density at radius 2 is 1.00 bits per heavy atom. The van der Waals surface area contributed by atoms with E-state index in [1.807, 2.05) is 44.2 Å². The molecule has 0 N–H and O–H groups in total. The lowest BCUT2D eigenvalue weighted by atomic mass is 10.0. The Labute approximate surface area is 180 Å². The highest BCUT2D eigenvalue weighted by Gasteiger charge is 2.09. The van der Waals surface area contributed by atoms with E-state index in [1.165, 1.54) is 11.1 Å². The fourth-order valence-corrected chi connectivity index (χ4v) is 3.47. The van der Waals surface area contributed by atoms with E-state index >= 15 is 0 Å². The topological polar surface area (TPSA) is 37.6 Å². The second kappa shape index (κ2) is 9.62. The molecule has 30 heavy (non-hydrogen) atoms. The van der Waals surface area contributed by atoms with Gasteiger partial charge in [-0.3, -0.25) is 9.98 Å². The van der Waals surface area contributed by atoms with Gasteiger partial charge in [-0.05, 0) is 61.1 Å². The maximum atomic E-state index is 4.89. The second-order valence-corrected chi connectivity index (χ2v) is 8.23. The highest BCUT2D eigenvalue weighted by molar-refractivity contribution is 6.02. The third-order valence-electron chi connectivity index (χ3n) is 5.18. The summed E-state index contributed by atoms with van der Waals surface area (Å²) in [6, 6.07) is 22.7. The average molecular weight is 398 g/mol. The summed E-state index contributed by atoms with van der Waals surface area (Å²) in [4.78, 5) is 14.6. The van der Waals surface area contributed by atoms with Crippen molar-refractivity contribution in [2.75, 3.05) is 0 Å². The van der Waals surface area contributed by atoms with E-state index in [2.05, 4.69) is 64.1 Å². The first-order valence-corrected chi connectivity index (χ1v) is 10.6. The lowest BCUT2D eigenvalue weighted by molar-refractivity contribution is 0.867. The molecule has 3 heteroatoms. The number of para-hydroxylation sites is 2. The molecular formula is C27H31N3. The summed E-state index contributed by atoms with van der Waals surface area (Å²) < 4.78 is 0. The standard InChI is InChI=1S/C27H31N3/c1-18(2)22-12-7-9-14-26(22)28-20(5)24-16-11-17-25(30-24)21(6)29-27-15-10-8-13-23(27)19(3)4/h7-19H,1-6H3. The number of nitrogens with zero attached hydrogens (tertiary/aromatic N) is 3. The zero-order chi connectivity index (χ0) is 21.7. The quantitative estimate of drug-likeness (QED) is 0.394. The number of rotatable bonds is 6. The van der Waals surface area contributed by atoms with Crippen molar-refractivity contribution < 1.29 is 0 Å². The zero-order valence-electron chi connectivity index (χ0n) is 18.8.